The number of furan rings is 1. The highest BCUT2D eigenvalue weighted by Gasteiger charge is 2.24. The molecule has 0 saturated carbocycles. The molecule has 20 heavy (non-hydrogen) atoms. The van der Waals surface area contributed by atoms with Gasteiger partial charge in [0.2, 0.25) is 0 Å². The van der Waals surface area contributed by atoms with Crippen LogP contribution in [0.1, 0.15) is 38.9 Å². The minimum Gasteiger partial charge on any atom is -0.467 e. The molecule has 114 valence electrons. The number of hydrogen-bond donors (Lipinski definition) is 1. The van der Waals surface area contributed by atoms with E-state index in [0.717, 1.165) is 44.8 Å². The number of ether oxygens (including phenoxy) is 2. The fourth-order valence-corrected chi connectivity index (χ4v) is 2.53. The van der Waals surface area contributed by atoms with Crippen LogP contribution in [-0.2, 0) is 16.1 Å². The second kappa shape index (κ2) is 8.45. The molecule has 1 saturated heterocycles. The molecule has 0 aromatic carbocycles. The molecule has 2 heterocycles. The smallest absolute Gasteiger partial charge is 0.129 e. The van der Waals surface area contributed by atoms with Gasteiger partial charge in [-0.25, -0.2) is 0 Å². The van der Waals surface area contributed by atoms with Crippen LogP contribution in [0.4, 0.5) is 0 Å². The molecular weight excluding hydrogens is 254 g/mol. The molecule has 0 spiro atoms. The van der Waals surface area contributed by atoms with Crippen LogP contribution in [0.15, 0.2) is 22.8 Å². The van der Waals surface area contributed by atoms with Gasteiger partial charge in [0.25, 0.3) is 0 Å². The maximum absolute atomic E-state index is 5.78. The highest BCUT2D eigenvalue weighted by atomic mass is 16.5. The molecule has 1 aliphatic heterocycles. The molecule has 1 aromatic heterocycles. The summed E-state index contributed by atoms with van der Waals surface area (Å²) < 4.78 is 16.6. The summed E-state index contributed by atoms with van der Waals surface area (Å²) in [5.74, 6) is 1.50. The fourth-order valence-electron chi connectivity index (χ4n) is 2.53. The van der Waals surface area contributed by atoms with E-state index in [2.05, 4.69) is 19.2 Å². The Bertz CT molecular complexity index is 351. The highest BCUT2D eigenvalue weighted by Crippen LogP contribution is 2.20. The number of rotatable bonds is 8. The molecule has 2 atom stereocenters. The van der Waals surface area contributed by atoms with Crippen LogP contribution in [0.25, 0.3) is 0 Å². The van der Waals surface area contributed by atoms with Crippen molar-refractivity contribution >= 4 is 0 Å². The fraction of sp³-hybridized carbons (Fsp3) is 0.750. The van der Waals surface area contributed by atoms with Crippen molar-refractivity contribution in [3.8, 4) is 0 Å². The molecule has 1 aromatic rings. The first-order valence-electron chi connectivity index (χ1n) is 7.71. The van der Waals surface area contributed by atoms with Crippen LogP contribution >= 0.6 is 0 Å². The van der Waals surface area contributed by atoms with E-state index in [4.69, 9.17) is 13.9 Å². The molecular formula is C16H27NO3. The van der Waals surface area contributed by atoms with Gasteiger partial charge in [-0.3, -0.25) is 0 Å². The summed E-state index contributed by atoms with van der Waals surface area (Å²) in [6.07, 6.45) is 5.37. The van der Waals surface area contributed by atoms with E-state index in [-0.39, 0.29) is 0 Å². The summed E-state index contributed by atoms with van der Waals surface area (Å²) in [7, 11) is 0. The average molecular weight is 281 g/mol. The van der Waals surface area contributed by atoms with E-state index in [0.29, 0.717) is 24.7 Å². The van der Waals surface area contributed by atoms with Gasteiger partial charge in [0.1, 0.15) is 12.4 Å². The third-order valence-electron chi connectivity index (χ3n) is 3.78. The Morgan fingerprint density at radius 3 is 3.10 bits per heavy atom. The molecule has 2 unspecified atom stereocenters. The van der Waals surface area contributed by atoms with Crippen molar-refractivity contribution < 1.29 is 13.9 Å². The third-order valence-corrected chi connectivity index (χ3v) is 3.78. The van der Waals surface area contributed by atoms with Crippen LogP contribution in [0.3, 0.4) is 0 Å². The Labute approximate surface area is 121 Å². The maximum Gasteiger partial charge on any atom is 0.129 e. The van der Waals surface area contributed by atoms with Crippen molar-refractivity contribution in [3.05, 3.63) is 24.2 Å². The zero-order valence-corrected chi connectivity index (χ0v) is 12.6. The first-order valence-corrected chi connectivity index (χ1v) is 7.71. The maximum atomic E-state index is 5.78. The largest absolute Gasteiger partial charge is 0.467 e. The van der Waals surface area contributed by atoms with Gasteiger partial charge in [0.15, 0.2) is 0 Å². The lowest BCUT2D eigenvalue weighted by Gasteiger charge is -2.32. The van der Waals surface area contributed by atoms with E-state index in [1.807, 2.05) is 12.1 Å². The molecule has 4 nitrogen and oxygen atoms in total. The molecule has 1 aliphatic rings. The van der Waals surface area contributed by atoms with Gasteiger partial charge in [-0.15, -0.1) is 0 Å². The average Bonchev–Trinajstić information content (AvgIpc) is 2.96. The van der Waals surface area contributed by atoms with Crippen molar-refractivity contribution in [2.75, 3.05) is 19.8 Å². The van der Waals surface area contributed by atoms with E-state index >= 15 is 0 Å². The van der Waals surface area contributed by atoms with Crippen LogP contribution in [0.2, 0.25) is 0 Å². The first-order chi connectivity index (χ1) is 9.75. The minimum atomic E-state index is 0.413. The van der Waals surface area contributed by atoms with Crippen molar-refractivity contribution in [2.24, 2.45) is 5.92 Å². The van der Waals surface area contributed by atoms with Gasteiger partial charge in [0.05, 0.1) is 12.4 Å². The van der Waals surface area contributed by atoms with E-state index in [1.165, 1.54) is 0 Å². The predicted molar refractivity (Wildman–Crippen MR) is 78.6 cm³/mol. The van der Waals surface area contributed by atoms with Crippen molar-refractivity contribution in [1.29, 1.82) is 0 Å². The van der Waals surface area contributed by atoms with Gasteiger partial charge in [-0.05, 0) is 43.9 Å². The topological polar surface area (TPSA) is 43.6 Å². The van der Waals surface area contributed by atoms with Gasteiger partial charge in [-0.1, -0.05) is 13.8 Å². The van der Waals surface area contributed by atoms with Crippen LogP contribution < -0.4 is 5.32 Å². The number of hydrogen-bond acceptors (Lipinski definition) is 4. The number of nitrogens with one attached hydrogen (secondary N) is 1. The zero-order chi connectivity index (χ0) is 14.2. The second-order valence-electron chi connectivity index (χ2n) is 5.81. The normalized spacial score (nSPS) is 23.4. The van der Waals surface area contributed by atoms with Crippen molar-refractivity contribution in [1.82, 2.24) is 5.32 Å². The standard InChI is InChI=1S/C16H27NO3/c1-13(2)16-11-14(6-10-20-16)17-7-4-8-18-12-15-5-3-9-19-15/h3,5,9,13-14,16-17H,4,6-8,10-12H2,1-2H3. The second-order valence-corrected chi connectivity index (χ2v) is 5.81. The van der Waals surface area contributed by atoms with Crippen molar-refractivity contribution in [2.45, 2.75) is 51.9 Å². The summed E-state index contributed by atoms with van der Waals surface area (Å²) in [5.41, 5.74) is 0. The summed E-state index contributed by atoms with van der Waals surface area (Å²) in [4.78, 5) is 0. The Balaban J connectivity index is 1.50. The Kier molecular flexibility index (Phi) is 6.57. The Hall–Kier alpha value is -0.840. The molecule has 0 aliphatic carbocycles. The Morgan fingerprint density at radius 1 is 1.45 bits per heavy atom. The summed E-state index contributed by atoms with van der Waals surface area (Å²) in [6, 6.07) is 4.42. The minimum absolute atomic E-state index is 0.413. The highest BCUT2D eigenvalue weighted by molar-refractivity contribution is 4.95. The molecule has 0 amide bonds. The van der Waals surface area contributed by atoms with Crippen molar-refractivity contribution in [3.63, 3.8) is 0 Å². The monoisotopic (exact) mass is 281 g/mol. The summed E-state index contributed by atoms with van der Waals surface area (Å²) in [5, 5.41) is 3.62. The lowest BCUT2D eigenvalue weighted by Crippen LogP contribution is -2.41. The Morgan fingerprint density at radius 2 is 2.35 bits per heavy atom. The van der Waals surface area contributed by atoms with Crippen LogP contribution in [-0.4, -0.2) is 31.9 Å². The lowest BCUT2D eigenvalue weighted by molar-refractivity contribution is -0.0245. The first kappa shape index (κ1) is 15.5. The molecule has 2 rings (SSSR count). The van der Waals surface area contributed by atoms with Gasteiger partial charge < -0.3 is 19.2 Å². The van der Waals surface area contributed by atoms with Gasteiger partial charge >= 0.3 is 0 Å². The van der Waals surface area contributed by atoms with E-state index in [9.17, 15) is 0 Å². The predicted octanol–water partition coefficient (Wildman–Crippen LogP) is 2.98. The molecule has 4 heteroatoms. The molecule has 1 N–H and O–H groups in total. The summed E-state index contributed by atoms with van der Waals surface area (Å²) in [6.45, 7) is 7.69. The third kappa shape index (κ3) is 5.27. The molecule has 0 bridgehead atoms. The SMILES string of the molecule is CC(C)C1CC(NCCCOCc2ccco2)CCO1. The van der Waals surface area contributed by atoms with Gasteiger partial charge in [0, 0.05) is 19.3 Å². The zero-order valence-electron chi connectivity index (χ0n) is 12.6. The van der Waals surface area contributed by atoms with Crippen LogP contribution in [0, 0.1) is 5.92 Å². The molecule has 0 radical (unpaired) electrons. The lowest BCUT2D eigenvalue weighted by atomic mass is 9.95. The van der Waals surface area contributed by atoms with E-state index < -0.39 is 0 Å². The molecule has 1 fully saturated rings. The quantitative estimate of drug-likeness (QED) is 0.744. The summed E-state index contributed by atoms with van der Waals surface area (Å²) >= 11 is 0. The van der Waals surface area contributed by atoms with Crippen LogP contribution in [0.5, 0.6) is 0 Å². The van der Waals surface area contributed by atoms with E-state index in [1.54, 1.807) is 6.26 Å². The van der Waals surface area contributed by atoms with Gasteiger partial charge in [-0.2, -0.15) is 0 Å².